The highest BCUT2D eigenvalue weighted by molar-refractivity contribution is 7.90. The first-order valence-corrected chi connectivity index (χ1v) is 6.52. The van der Waals surface area contributed by atoms with Crippen molar-refractivity contribution in [2.45, 2.75) is 13.1 Å². The molecule has 5 nitrogen and oxygen atoms in total. The first-order valence-electron chi connectivity index (χ1n) is 5.04. The second-order valence-corrected chi connectivity index (χ2v) is 5.18. The molecule has 1 aromatic carbocycles. The highest BCUT2D eigenvalue weighted by Gasteiger charge is 2.29. The Balaban J connectivity index is 2.78. The number of nitrogens with one attached hydrogen (secondary N) is 2. The molecule has 0 aliphatic heterocycles. The minimum Gasteiger partial charge on any atom is -0.295 e. The van der Waals surface area contributed by atoms with Crippen LogP contribution in [-0.2, 0) is 10.2 Å². The highest BCUT2D eigenvalue weighted by Crippen LogP contribution is 2.15. The summed E-state index contributed by atoms with van der Waals surface area (Å²) in [6, 6.07) is 5.43. The van der Waals surface area contributed by atoms with Crippen LogP contribution < -0.4 is 9.44 Å². The van der Waals surface area contributed by atoms with E-state index in [1.807, 2.05) is 4.72 Å². The van der Waals surface area contributed by atoms with E-state index in [1.54, 1.807) is 0 Å². The second kappa shape index (κ2) is 5.57. The zero-order valence-corrected chi connectivity index (χ0v) is 10.6. The van der Waals surface area contributed by atoms with Crippen molar-refractivity contribution in [2.75, 3.05) is 11.3 Å². The fourth-order valence-electron chi connectivity index (χ4n) is 1.17. The number of benzene rings is 1. The van der Waals surface area contributed by atoms with Gasteiger partial charge in [-0.15, -0.1) is 0 Å². The number of alkyl halides is 3. The van der Waals surface area contributed by atoms with Crippen LogP contribution in [0.2, 0.25) is 0 Å². The zero-order chi connectivity index (χ0) is 14.7. The van der Waals surface area contributed by atoms with Gasteiger partial charge in [0.2, 0.25) is 0 Å². The summed E-state index contributed by atoms with van der Waals surface area (Å²) < 4.78 is 61.6. The van der Waals surface area contributed by atoms with Crippen molar-refractivity contribution in [1.82, 2.24) is 4.72 Å². The first kappa shape index (κ1) is 15.4. The third kappa shape index (κ3) is 5.71. The molecule has 9 heteroatoms. The number of carbonyl (C=O) groups is 1. The lowest BCUT2D eigenvalue weighted by Gasteiger charge is -2.11. The monoisotopic (exact) mass is 296 g/mol. The van der Waals surface area contributed by atoms with E-state index in [-0.39, 0.29) is 17.0 Å². The van der Waals surface area contributed by atoms with Crippen molar-refractivity contribution >= 4 is 21.7 Å². The van der Waals surface area contributed by atoms with E-state index >= 15 is 0 Å². The average Bonchev–Trinajstić information content (AvgIpc) is 2.25. The van der Waals surface area contributed by atoms with E-state index in [9.17, 15) is 26.4 Å². The van der Waals surface area contributed by atoms with Gasteiger partial charge in [-0.05, 0) is 19.1 Å². The van der Waals surface area contributed by atoms with Gasteiger partial charge in [0, 0.05) is 5.56 Å². The molecule has 0 bridgehead atoms. The Labute approximate surface area is 108 Å². The first-order chi connectivity index (χ1) is 8.59. The molecule has 1 rings (SSSR count). The van der Waals surface area contributed by atoms with Gasteiger partial charge in [-0.2, -0.15) is 26.3 Å². The number of Topliss-reactive ketones (excluding diaryl/α,β-unsaturated/α-hetero) is 1. The van der Waals surface area contributed by atoms with E-state index in [1.165, 1.54) is 35.9 Å². The van der Waals surface area contributed by atoms with E-state index in [2.05, 4.69) is 0 Å². The van der Waals surface area contributed by atoms with E-state index in [0.717, 1.165) is 0 Å². The quantitative estimate of drug-likeness (QED) is 0.812. The molecule has 0 aliphatic rings. The Bertz CT molecular complexity index is 570. The summed E-state index contributed by atoms with van der Waals surface area (Å²) in [7, 11) is -4.34. The summed E-state index contributed by atoms with van der Waals surface area (Å²) >= 11 is 0. The summed E-state index contributed by atoms with van der Waals surface area (Å²) in [6.07, 6.45) is -4.64. The lowest BCUT2D eigenvalue weighted by molar-refractivity contribution is -0.121. The molecule has 2 N–H and O–H groups in total. The summed E-state index contributed by atoms with van der Waals surface area (Å²) in [5.74, 6) is -0.288. The van der Waals surface area contributed by atoms with E-state index < -0.39 is 22.9 Å². The van der Waals surface area contributed by atoms with Crippen LogP contribution >= 0.6 is 0 Å². The SMILES string of the molecule is CC(=O)c1cccc(NS(=O)(=O)NCC(F)(F)F)c1. The number of anilines is 1. The van der Waals surface area contributed by atoms with Crippen molar-refractivity contribution in [3.05, 3.63) is 29.8 Å². The Morgan fingerprint density at radius 1 is 1.32 bits per heavy atom. The van der Waals surface area contributed by atoms with Crippen molar-refractivity contribution in [1.29, 1.82) is 0 Å². The fraction of sp³-hybridized carbons (Fsp3) is 0.300. The predicted molar refractivity (Wildman–Crippen MR) is 63.0 cm³/mol. The number of halogens is 3. The van der Waals surface area contributed by atoms with Crippen molar-refractivity contribution in [3.63, 3.8) is 0 Å². The normalized spacial score (nSPS) is 12.2. The Kier molecular flexibility index (Phi) is 4.53. The van der Waals surface area contributed by atoms with Gasteiger partial charge in [0.15, 0.2) is 5.78 Å². The predicted octanol–water partition coefficient (Wildman–Crippen LogP) is 1.70. The van der Waals surface area contributed by atoms with Gasteiger partial charge in [-0.1, -0.05) is 12.1 Å². The maximum Gasteiger partial charge on any atom is 0.402 e. The van der Waals surface area contributed by atoms with Gasteiger partial charge < -0.3 is 0 Å². The molecular formula is C10H11F3N2O3S. The van der Waals surface area contributed by atoms with Crippen LogP contribution in [0.25, 0.3) is 0 Å². The van der Waals surface area contributed by atoms with Crippen LogP contribution in [0.5, 0.6) is 0 Å². The van der Waals surface area contributed by atoms with Gasteiger partial charge in [-0.3, -0.25) is 9.52 Å². The zero-order valence-electron chi connectivity index (χ0n) is 9.78. The topological polar surface area (TPSA) is 75.3 Å². The molecular weight excluding hydrogens is 285 g/mol. The largest absolute Gasteiger partial charge is 0.402 e. The molecule has 0 spiro atoms. The molecule has 0 atom stereocenters. The van der Waals surface area contributed by atoms with Crippen LogP contribution in [0.1, 0.15) is 17.3 Å². The minimum atomic E-state index is -4.64. The average molecular weight is 296 g/mol. The lowest BCUT2D eigenvalue weighted by Crippen LogP contribution is -2.37. The maximum atomic E-state index is 11.9. The van der Waals surface area contributed by atoms with Crippen LogP contribution in [-0.4, -0.2) is 26.9 Å². The molecule has 0 heterocycles. The summed E-state index contributed by atoms with van der Waals surface area (Å²) in [6.45, 7) is -0.385. The van der Waals surface area contributed by atoms with Gasteiger partial charge in [0.25, 0.3) is 10.2 Å². The van der Waals surface area contributed by atoms with Gasteiger partial charge >= 0.3 is 6.18 Å². The highest BCUT2D eigenvalue weighted by atomic mass is 32.2. The molecule has 0 saturated carbocycles. The number of hydrogen-bond acceptors (Lipinski definition) is 3. The van der Waals surface area contributed by atoms with Crippen LogP contribution in [0, 0.1) is 0 Å². The molecule has 0 unspecified atom stereocenters. The standard InChI is InChI=1S/C10H11F3N2O3S/c1-7(16)8-3-2-4-9(5-8)15-19(17,18)14-6-10(11,12)13/h2-5,14-15H,6H2,1H3. The number of rotatable bonds is 5. The number of carbonyl (C=O) groups excluding carboxylic acids is 1. The minimum absolute atomic E-state index is 0.00220. The molecule has 19 heavy (non-hydrogen) atoms. The lowest BCUT2D eigenvalue weighted by atomic mass is 10.1. The number of hydrogen-bond donors (Lipinski definition) is 2. The van der Waals surface area contributed by atoms with Crippen molar-refractivity contribution in [3.8, 4) is 0 Å². The Morgan fingerprint density at radius 2 is 1.95 bits per heavy atom. The van der Waals surface area contributed by atoms with E-state index in [4.69, 9.17) is 0 Å². The Morgan fingerprint density at radius 3 is 2.47 bits per heavy atom. The maximum absolute atomic E-state index is 11.9. The molecule has 0 fully saturated rings. The third-order valence-corrected chi connectivity index (χ3v) is 3.01. The Hall–Kier alpha value is -1.61. The smallest absolute Gasteiger partial charge is 0.295 e. The molecule has 0 amide bonds. The molecule has 106 valence electrons. The summed E-state index contributed by atoms with van der Waals surface area (Å²) in [4.78, 5) is 11.1. The molecule has 0 aliphatic carbocycles. The van der Waals surface area contributed by atoms with Crippen molar-refractivity contribution in [2.24, 2.45) is 0 Å². The van der Waals surface area contributed by atoms with Gasteiger partial charge in [0.1, 0.15) is 6.54 Å². The summed E-state index contributed by atoms with van der Waals surface area (Å²) in [5.41, 5.74) is 0.249. The van der Waals surface area contributed by atoms with Gasteiger partial charge in [0.05, 0.1) is 5.69 Å². The van der Waals surface area contributed by atoms with E-state index in [0.29, 0.717) is 0 Å². The second-order valence-electron chi connectivity index (χ2n) is 3.68. The molecule has 0 saturated heterocycles. The van der Waals surface area contributed by atoms with Crippen LogP contribution in [0.15, 0.2) is 24.3 Å². The summed E-state index contributed by atoms with van der Waals surface area (Å²) in [5, 5.41) is 0. The molecule has 0 aromatic heterocycles. The van der Waals surface area contributed by atoms with Gasteiger partial charge in [-0.25, -0.2) is 0 Å². The van der Waals surface area contributed by atoms with Crippen LogP contribution in [0.3, 0.4) is 0 Å². The molecule has 1 aromatic rings. The van der Waals surface area contributed by atoms with Crippen LogP contribution in [0.4, 0.5) is 18.9 Å². The van der Waals surface area contributed by atoms with Crippen molar-refractivity contribution < 1.29 is 26.4 Å². The number of ketones is 1. The fourth-order valence-corrected chi connectivity index (χ4v) is 2.03. The third-order valence-electron chi connectivity index (χ3n) is 1.98. The molecule has 0 radical (unpaired) electrons.